The second-order valence-electron chi connectivity index (χ2n) is 4.45. The third-order valence-corrected chi connectivity index (χ3v) is 3.56. The van der Waals surface area contributed by atoms with Crippen LogP contribution in [0.25, 0.3) is 0 Å². The van der Waals surface area contributed by atoms with Crippen LogP contribution in [0.3, 0.4) is 0 Å². The van der Waals surface area contributed by atoms with Crippen LogP contribution in [0.2, 0.25) is 10.0 Å². The van der Waals surface area contributed by atoms with Gasteiger partial charge < -0.3 is 9.47 Å². The molecule has 8 heteroatoms. The molecule has 0 aromatic heterocycles. The molecule has 0 saturated heterocycles. The lowest BCUT2D eigenvalue weighted by molar-refractivity contribution is -0.384. The first kappa shape index (κ1) is 17.1. The number of ether oxygens (including phenoxy) is 2. The number of esters is 1. The molecule has 0 amide bonds. The molecule has 0 bridgehead atoms. The SMILES string of the molecule is COC(=O)c1cc([N+](=O)[O-])ccc1OCc1ccc(Cl)cc1Cl. The van der Waals surface area contributed by atoms with E-state index in [1.165, 1.54) is 19.2 Å². The second kappa shape index (κ2) is 7.30. The lowest BCUT2D eigenvalue weighted by Crippen LogP contribution is -2.07. The van der Waals surface area contributed by atoms with E-state index in [4.69, 9.17) is 27.9 Å². The van der Waals surface area contributed by atoms with E-state index in [0.29, 0.717) is 15.6 Å². The maximum Gasteiger partial charge on any atom is 0.341 e. The number of hydrogen-bond acceptors (Lipinski definition) is 5. The number of non-ortho nitro benzene ring substituents is 1. The zero-order valence-electron chi connectivity index (χ0n) is 11.9. The van der Waals surface area contributed by atoms with Crippen molar-refractivity contribution in [1.82, 2.24) is 0 Å². The van der Waals surface area contributed by atoms with Crippen LogP contribution in [0.4, 0.5) is 5.69 Å². The van der Waals surface area contributed by atoms with Crippen LogP contribution < -0.4 is 4.74 Å². The van der Waals surface area contributed by atoms with Crippen LogP contribution in [-0.2, 0) is 11.3 Å². The lowest BCUT2D eigenvalue weighted by atomic mass is 10.1. The van der Waals surface area contributed by atoms with Crippen molar-refractivity contribution in [2.24, 2.45) is 0 Å². The highest BCUT2D eigenvalue weighted by molar-refractivity contribution is 6.35. The summed E-state index contributed by atoms with van der Waals surface area (Å²) < 4.78 is 10.2. The molecule has 0 unspecified atom stereocenters. The van der Waals surface area contributed by atoms with Crippen molar-refractivity contribution in [3.63, 3.8) is 0 Å². The molecule has 23 heavy (non-hydrogen) atoms. The number of benzene rings is 2. The first-order valence-corrected chi connectivity index (χ1v) is 7.11. The molecule has 0 N–H and O–H groups in total. The number of carbonyl (C=O) groups is 1. The number of nitro benzene ring substituents is 1. The van der Waals surface area contributed by atoms with Gasteiger partial charge in [0.1, 0.15) is 17.9 Å². The molecule has 2 aromatic carbocycles. The number of methoxy groups -OCH3 is 1. The molecule has 0 atom stereocenters. The van der Waals surface area contributed by atoms with E-state index in [1.807, 2.05) is 0 Å². The standard InChI is InChI=1S/C15H11Cl2NO5/c1-22-15(19)12-7-11(18(20)21)4-5-14(12)23-8-9-2-3-10(16)6-13(9)17/h2-7H,8H2,1H3. The van der Waals surface area contributed by atoms with Gasteiger partial charge in [-0.2, -0.15) is 0 Å². The molecule has 0 heterocycles. The Morgan fingerprint density at radius 1 is 1.22 bits per heavy atom. The number of rotatable bonds is 5. The summed E-state index contributed by atoms with van der Waals surface area (Å²) >= 11 is 11.9. The summed E-state index contributed by atoms with van der Waals surface area (Å²) in [6.45, 7) is 0.0673. The second-order valence-corrected chi connectivity index (χ2v) is 5.30. The van der Waals surface area contributed by atoms with Crippen molar-refractivity contribution >= 4 is 34.9 Å². The van der Waals surface area contributed by atoms with Crippen molar-refractivity contribution in [2.45, 2.75) is 6.61 Å². The highest BCUT2D eigenvalue weighted by Gasteiger charge is 2.18. The third-order valence-electron chi connectivity index (χ3n) is 2.98. The minimum absolute atomic E-state index is 0.0354. The normalized spacial score (nSPS) is 10.2. The molecule has 2 rings (SSSR count). The van der Waals surface area contributed by atoms with Crippen LogP contribution in [0.5, 0.6) is 5.75 Å². The summed E-state index contributed by atoms with van der Waals surface area (Å²) in [5.74, 6) is -0.570. The Hall–Kier alpha value is -2.31. The Kier molecular flexibility index (Phi) is 5.41. The average molecular weight is 356 g/mol. The maximum atomic E-state index is 11.8. The molecule has 0 saturated carbocycles. The quantitative estimate of drug-likeness (QED) is 0.454. The first-order chi connectivity index (χ1) is 10.9. The number of halogens is 2. The van der Waals surface area contributed by atoms with Crippen LogP contribution >= 0.6 is 23.2 Å². The molecule has 2 aromatic rings. The fourth-order valence-electron chi connectivity index (χ4n) is 1.82. The van der Waals surface area contributed by atoms with E-state index in [-0.39, 0.29) is 23.6 Å². The molecule has 0 radical (unpaired) electrons. The maximum absolute atomic E-state index is 11.8. The summed E-state index contributed by atoms with van der Waals surface area (Å²) in [4.78, 5) is 22.0. The Morgan fingerprint density at radius 2 is 1.96 bits per heavy atom. The van der Waals surface area contributed by atoms with Gasteiger partial charge in [0.25, 0.3) is 5.69 Å². The van der Waals surface area contributed by atoms with Crippen LogP contribution in [0.1, 0.15) is 15.9 Å². The molecular formula is C15H11Cl2NO5. The Balaban J connectivity index is 2.28. The molecular weight excluding hydrogens is 345 g/mol. The van der Waals surface area contributed by atoms with Crippen LogP contribution in [0, 0.1) is 10.1 Å². The van der Waals surface area contributed by atoms with Gasteiger partial charge in [-0.25, -0.2) is 4.79 Å². The van der Waals surface area contributed by atoms with Gasteiger partial charge in [-0.1, -0.05) is 29.3 Å². The Morgan fingerprint density at radius 3 is 2.57 bits per heavy atom. The van der Waals surface area contributed by atoms with Gasteiger partial charge in [0.2, 0.25) is 0 Å². The molecule has 6 nitrogen and oxygen atoms in total. The third kappa shape index (κ3) is 4.12. The molecule has 0 spiro atoms. The fourth-order valence-corrected chi connectivity index (χ4v) is 2.28. The van der Waals surface area contributed by atoms with Gasteiger partial charge in [-0.05, 0) is 18.2 Å². The van der Waals surface area contributed by atoms with E-state index in [2.05, 4.69) is 4.74 Å². The molecule has 120 valence electrons. The monoisotopic (exact) mass is 355 g/mol. The summed E-state index contributed by atoms with van der Waals surface area (Å²) in [5, 5.41) is 11.7. The Bertz CT molecular complexity index is 764. The highest BCUT2D eigenvalue weighted by atomic mass is 35.5. The zero-order chi connectivity index (χ0) is 17.0. The Labute approximate surface area is 141 Å². The van der Waals surface area contributed by atoms with Crippen molar-refractivity contribution in [2.75, 3.05) is 7.11 Å². The minimum atomic E-state index is -0.731. The first-order valence-electron chi connectivity index (χ1n) is 6.36. The van der Waals surface area contributed by atoms with Crippen molar-refractivity contribution in [1.29, 1.82) is 0 Å². The minimum Gasteiger partial charge on any atom is -0.488 e. The van der Waals surface area contributed by atoms with Gasteiger partial charge >= 0.3 is 5.97 Å². The van der Waals surface area contributed by atoms with Gasteiger partial charge in [0.05, 0.1) is 12.0 Å². The van der Waals surface area contributed by atoms with Gasteiger partial charge in [-0.3, -0.25) is 10.1 Å². The summed E-state index contributed by atoms with van der Waals surface area (Å²) in [5.41, 5.74) is 0.388. The average Bonchev–Trinajstić information content (AvgIpc) is 2.53. The van der Waals surface area contributed by atoms with Gasteiger partial charge in [-0.15, -0.1) is 0 Å². The number of nitrogens with zero attached hydrogens (tertiary/aromatic N) is 1. The van der Waals surface area contributed by atoms with Crippen molar-refractivity contribution in [3.05, 3.63) is 67.7 Å². The van der Waals surface area contributed by atoms with E-state index < -0.39 is 10.9 Å². The van der Waals surface area contributed by atoms with Gasteiger partial charge in [0, 0.05) is 27.7 Å². The van der Waals surface area contributed by atoms with Crippen molar-refractivity contribution in [3.8, 4) is 5.75 Å². The highest BCUT2D eigenvalue weighted by Crippen LogP contribution is 2.27. The zero-order valence-corrected chi connectivity index (χ0v) is 13.4. The smallest absolute Gasteiger partial charge is 0.341 e. The summed E-state index contributed by atoms with van der Waals surface area (Å²) in [6, 6.07) is 8.60. The van der Waals surface area contributed by atoms with Gasteiger partial charge in [0.15, 0.2) is 0 Å². The number of carbonyl (C=O) groups excluding carboxylic acids is 1. The predicted octanol–water partition coefficient (Wildman–Crippen LogP) is 4.27. The van der Waals surface area contributed by atoms with Crippen molar-refractivity contribution < 1.29 is 19.2 Å². The fraction of sp³-hybridized carbons (Fsp3) is 0.133. The summed E-state index contributed by atoms with van der Waals surface area (Å²) in [6.07, 6.45) is 0. The molecule has 0 aliphatic rings. The summed E-state index contributed by atoms with van der Waals surface area (Å²) in [7, 11) is 1.18. The lowest BCUT2D eigenvalue weighted by Gasteiger charge is -2.11. The largest absolute Gasteiger partial charge is 0.488 e. The number of hydrogen-bond donors (Lipinski definition) is 0. The molecule has 0 fully saturated rings. The van der Waals surface area contributed by atoms with Crippen LogP contribution in [0.15, 0.2) is 36.4 Å². The van der Waals surface area contributed by atoms with E-state index in [9.17, 15) is 14.9 Å². The predicted molar refractivity (Wildman–Crippen MR) is 85.2 cm³/mol. The topological polar surface area (TPSA) is 78.7 Å². The van der Waals surface area contributed by atoms with E-state index >= 15 is 0 Å². The molecule has 0 aliphatic heterocycles. The van der Waals surface area contributed by atoms with E-state index in [1.54, 1.807) is 18.2 Å². The molecule has 0 aliphatic carbocycles. The number of nitro groups is 1. The van der Waals surface area contributed by atoms with E-state index in [0.717, 1.165) is 6.07 Å². The van der Waals surface area contributed by atoms with Crippen LogP contribution in [-0.4, -0.2) is 18.0 Å².